The normalized spacial score (nSPS) is 14.6. The molecule has 1 aromatic rings. The van der Waals surface area contributed by atoms with Crippen LogP contribution in [-0.2, 0) is 9.53 Å². The van der Waals surface area contributed by atoms with E-state index in [9.17, 15) is 27.2 Å². The van der Waals surface area contributed by atoms with Crippen LogP contribution in [0.25, 0.3) is 0 Å². The molecular formula is C15H13F4NO3. The topological polar surface area (TPSA) is 55.4 Å². The van der Waals surface area contributed by atoms with E-state index in [1.807, 2.05) is 0 Å². The molecule has 0 atom stereocenters. The van der Waals surface area contributed by atoms with Gasteiger partial charge in [-0.05, 0) is 25.8 Å². The number of hydrogen-bond acceptors (Lipinski definition) is 4. The van der Waals surface area contributed by atoms with Gasteiger partial charge in [-0.1, -0.05) is 0 Å². The molecule has 0 saturated heterocycles. The summed E-state index contributed by atoms with van der Waals surface area (Å²) in [5.41, 5.74) is -1.71. The van der Waals surface area contributed by atoms with Crippen LogP contribution in [0.15, 0.2) is 17.8 Å². The van der Waals surface area contributed by atoms with E-state index in [-0.39, 0.29) is 18.7 Å². The molecule has 1 aromatic carbocycles. The Balaban J connectivity index is 2.40. The highest BCUT2D eigenvalue weighted by Gasteiger charge is 2.29. The van der Waals surface area contributed by atoms with Crippen molar-refractivity contribution in [3.05, 3.63) is 46.7 Å². The van der Waals surface area contributed by atoms with E-state index in [4.69, 9.17) is 0 Å². The maximum atomic E-state index is 13.7. The van der Waals surface area contributed by atoms with Crippen molar-refractivity contribution < 1.29 is 31.9 Å². The molecule has 1 saturated carbocycles. The molecule has 0 bridgehead atoms. The van der Waals surface area contributed by atoms with Gasteiger partial charge >= 0.3 is 5.97 Å². The van der Waals surface area contributed by atoms with E-state index in [1.54, 1.807) is 0 Å². The molecule has 0 aliphatic heterocycles. The lowest BCUT2D eigenvalue weighted by Crippen LogP contribution is -2.22. The summed E-state index contributed by atoms with van der Waals surface area (Å²) in [7, 11) is 0. The van der Waals surface area contributed by atoms with Gasteiger partial charge in [-0.25, -0.2) is 22.4 Å². The van der Waals surface area contributed by atoms with Crippen molar-refractivity contribution in [2.24, 2.45) is 0 Å². The number of carbonyl (C=O) groups is 2. The van der Waals surface area contributed by atoms with Crippen LogP contribution in [0.3, 0.4) is 0 Å². The van der Waals surface area contributed by atoms with Gasteiger partial charge in [0.2, 0.25) is 5.78 Å². The molecule has 1 fully saturated rings. The molecule has 2 rings (SSSR count). The molecule has 1 N–H and O–H groups in total. The average Bonchev–Trinajstić information content (AvgIpc) is 3.33. The predicted octanol–water partition coefficient (Wildman–Crippen LogP) is 2.62. The van der Waals surface area contributed by atoms with Gasteiger partial charge in [0.15, 0.2) is 23.3 Å². The summed E-state index contributed by atoms with van der Waals surface area (Å²) in [6.45, 7) is 1.44. The van der Waals surface area contributed by atoms with Crippen LogP contribution in [0.1, 0.15) is 30.1 Å². The fourth-order valence-electron chi connectivity index (χ4n) is 1.76. The Kier molecular flexibility index (Phi) is 5.02. The highest BCUT2D eigenvalue weighted by atomic mass is 19.2. The Bertz CT molecular complexity index is 684. The van der Waals surface area contributed by atoms with Crippen molar-refractivity contribution in [3.63, 3.8) is 0 Å². The van der Waals surface area contributed by atoms with Crippen molar-refractivity contribution in [2.75, 3.05) is 6.61 Å². The monoisotopic (exact) mass is 331 g/mol. The summed E-state index contributed by atoms with van der Waals surface area (Å²) >= 11 is 0. The highest BCUT2D eigenvalue weighted by molar-refractivity contribution is 6.24. The van der Waals surface area contributed by atoms with Crippen LogP contribution in [0.4, 0.5) is 17.6 Å². The van der Waals surface area contributed by atoms with Crippen LogP contribution >= 0.6 is 0 Å². The van der Waals surface area contributed by atoms with E-state index in [1.165, 1.54) is 6.92 Å². The number of rotatable bonds is 6. The summed E-state index contributed by atoms with van der Waals surface area (Å²) in [5, 5.41) is 2.74. The first-order chi connectivity index (χ1) is 10.9. The van der Waals surface area contributed by atoms with Crippen molar-refractivity contribution in [3.8, 4) is 0 Å². The third-order valence-electron chi connectivity index (χ3n) is 3.13. The van der Waals surface area contributed by atoms with Gasteiger partial charge in [0.05, 0.1) is 12.2 Å². The lowest BCUT2D eigenvalue weighted by molar-refractivity contribution is -0.138. The maximum absolute atomic E-state index is 13.7. The Morgan fingerprint density at radius 2 is 1.87 bits per heavy atom. The number of nitrogens with one attached hydrogen (secondary N) is 1. The fourth-order valence-corrected chi connectivity index (χ4v) is 1.76. The van der Waals surface area contributed by atoms with Crippen molar-refractivity contribution in [2.45, 2.75) is 25.8 Å². The zero-order valence-electron chi connectivity index (χ0n) is 12.1. The first-order valence-electron chi connectivity index (χ1n) is 6.87. The van der Waals surface area contributed by atoms with Gasteiger partial charge < -0.3 is 10.1 Å². The van der Waals surface area contributed by atoms with E-state index in [0.29, 0.717) is 0 Å². The van der Waals surface area contributed by atoms with Gasteiger partial charge in [-0.15, -0.1) is 0 Å². The van der Waals surface area contributed by atoms with Gasteiger partial charge in [0.25, 0.3) is 0 Å². The lowest BCUT2D eigenvalue weighted by atomic mass is 10.0. The third-order valence-corrected chi connectivity index (χ3v) is 3.13. The molecule has 0 unspecified atom stereocenters. The summed E-state index contributed by atoms with van der Waals surface area (Å²) in [6, 6.07) is 0.277. The summed E-state index contributed by atoms with van der Waals surface area (Å²) in [6.07, 6.45) is 2.68. The number of Topliss-reactive ketones (excluding diaryl/α,β-unsaturated/α-hetero) is 1. The Labute approximate surface area is 129 Å². The quantitative estimate of drug-likeness (QED) is 0.127. The van der Waals surface area contributed by atoms with Crippen LogP contribution in [-0.4, -0.2) is 24.4 Å². The van der Waals surface area contributed by atoms with Crippen LogP contribution in [0.2, 0.25) is 0 Å². The lowest BCUT2D eigenvalue weighted by Gasteiger charge is -2.09. The molecule has 8 heteroatoms. The van der Waals surface area contributed by atoms with E-state index < -0.39 is 46.2 Å². The molecular weight excluding hydrogens is 318 g/mol. The smallest absolute Gasteiger partial charge is 0.343 e. The van der Waals surface area contributed by atoms with Gasteiger partial charge in [-0.2, -0.15) is 0 Å². The first-order valence-corrected chi connectivity index (χ1v) is 6.87. The average molecular weight is 331 g/mol. The molecule has 0 aromatic heterocycles. The van der Waals surface area contributed by atoms with Crippen LogP contribution < -0.4 is 5.32 Å². The number of ether oxygens (including phenoxy) is 1. The number of benzene rings is 1. The second-order valence-corrected chi connectivity index (χ2v) is 4.90. The minimum absolute atomic E-state index is 0.0541. The Morgan fingerprint density at radius 1 is 1.22 bits per heavy atom. The highest BCUT2D eigenvalue weighted by Crippen LogP contribution is 2.23. The molecule has 1 aliphatic carbocycles. The summed E-state index contributed by atoms with van der Waals surface area (Å²) in [5.74, 6) is -10.1. The second kappa shape index (κ2) is 6.80. The standard InChI is InChI=1S/C15H13F4NO3/c1-2-23-15(22)9(6-20-7-3-4-7)14(21)8-5-10(16)12(18)13(19)11(8)17/h5-7,20H,2-4H2,1H3/b9-6+. The molecule has 1 aliphatic rings. The first kappa shape index (κ1) is 17.0. The van der Waals surface area contributed by atoms with Crippen molar-refractivity contribution in [1.29, 1.82) is 0 Å². The number of ketones is 1. The Hall–Kier alpha value is -2.38. The molecule has 0 amide bonds. The van der Waals surface area contributed by atoms with Gasteiger partial charge in [-0.3, -0.25) is 4.79 Å². The zero-order valence-corrected chi connectivity index (χ0v) is 12.1. The van der Waals surface area contributed by atoms with Gasteiger partial charge in [0, 0.05) is 12.2 Å². The van der Waals surface area contributed by atoms with E-state index >= 15 is 0 Å². The minimum Gasteiger partial charge on any atom is -0.462 e. The maximum Gasteiger partial charge on any atom is 0.343 e. The SMILES string of the molecule is CCOC(=O)/C(=C/NC1CC1)C(=O)c1cc(F)c(F)c(F)c1F. The largest absolute Gasteiger partial charge is 0.462 e. The molecule has 0 radical (unpaired) electrons. The molecule has 0 heterocycles. The van der Waals surface area contributed by atoms with E-state index in [2.05, 4.69) is 10.1 Å². The summed E-state index contributed by atoms with van der Waals surface area (Å²) < 4.78 is 57.8. The molecule has 4 nitrogen and oxygen atoms in total. The van der Waals surface area contributed by atoms with Crippen LogP contribution in [0.5, 0.6) is 0 Å². The number of halogens is 4. The number of hydrogen-bond donors (Lipinski definition) is 1. The third kappa shape index (κ3) is 3.69. The second-order valence-electron chi connectivity index (χ2n) is 4.90. The minimum atomic E-state index is -2.12. The molecule has 124 valence electrons. The summed E-state index contributed by atoms with van der Waals surface area (Å²) in [4.78, 5) is 24.0. The van der Waals surface area contributed by atoms with E-state index in [0.717, 1.165) is 19.0 Å². The Morgan fingerprint density at radius 3 is 2.43 bits per heavy atom. The zero-order chi connectivity index (χ0) is 17.1. The molecule has 23 heavy (non-hydrogen) atoms. The van der Waals surface area contributed by atoms with Crippen LogP contribution in [0, 0.1) is 23.3 Å². The number of esters is 1. The fraction of sp³-hybridized carbons (Fsp3) is 0.333. The van der Waals surface area contributed by atoms with Gasteiger partial charge in [0.1, 0.15) is 5.57 Å². The number of carbonyl (C=O) groups excluding carboxylic acids is 2. The van der Waals surface area contributed by atoms with Crippen molar-refractivity contribution in [1.82, 2.24) is 5.32 Å². The predicted molar refractivity (Wildman–Crippen MR) is 71.5 cm³/mol. The molecule has 0 spiro atoms. The van der Waals surface area contributed by atoms with Crippen molar-refractivity contribution >= 4 is 11.8 Å².